The minimum atomic E-state index is -0.685. The van der Waals surface area contributed by atoms with Gasteiger partial charge in [0.25, 0.3) is 11.8 Å². The summed E-state index contributed by atoms with van der Waals surface area (Å²) in [6.45, 7) is 1.55. The molecule has 0 unspecified atom stereocenters. The van der Waals surface area contributed by atoms with Crippen molar-refractivity contribution in [3.05, 3.63) is 68.4 Å². The first-order valence-electron chi connectivity index (χ1n) is 7.02. The number of amides is 2. The molecule has 0 atom stereocenters. The third-order valence-electron chi connectivity index (χ3n) is 3.43. The van der Waals surface area contributed by atoms with Crippen LogP contribution in [0.3, 0.4) is 0 Å². The Balaban J connectivity index is 1.87. The number of halogens is 1. The summed E-state index contributed by atoms with van der Waals surface area (Å²) in [7, 11) is 0. The van der Waals surface area contributed by atoms with E-state index in [9.17, 15) is 19.7 Å². The molecule has 3 rings (SSSR count). The van der Waals surface area contributed by atoms with Gasteiger partial charge >= 0.3 is 5.88 Å². The largest absolute Gasteiger partial charge is 0.433 e. The third kappa shape index (κ3) is 3.20. The van der Waals surface area contributed by atoms with E-state index in [1.807, 2.05) is 0 Å². The summed E-state index contributed by atoms with van der Waals surface area (Å²) in [5.74, 6) is -1.57. The second-order valence-corrected chi connectivity index (χ2v) is 5.54. The summed E-state index contributed by atoms with van der Waals surface area (Å²) in [5, 5.41) is 15.8. The van der Waals surface area contributed by atoms with Gasteiger partial charge in [-0.05, 0) is 43.3 Å². The van der Waals surface area contributed by atoms with Crippen molar-refractivity contribution in [1.82, 2.24) is 5.01 Å². The fourth-order valence-electron chi connectivity index (χ4n) is 2.20. The molecule has 2 heterocycles. The standard InChI is InChI=1S/C16H10ClN3O5/c1-9-13(8-12-6-7-14(25-12)20(23)24)16(22)19(18-9)15(21)10-2-4-11(17)5-3-10/h2-8H,1H3/b13-8-. The van der Waals surface area contributed by atoms with E-state index in [4.69, 9.17) is 16.0 Å². The number of nitrogens with zero attached hydrogens (tertiary/aromatic N) is 3. The molecule has 2 aromatic rings. The first kappa shape index (κ1) is 16.6. The summed E-state index contributed by atoms with van der Waals surface area (Å²) in [4.78, 5) is 34.8. The van der Waals surface area contributed by atoms with Gasteiger partial charge in [-0.1, -0.05) is 11.6 Å². The smallest absolute Gasteiger partial charge is 0.401 e. The average Bonchev–Trinajstić information content (AvgIpc) is 3.15. The number of nitro groups is 1. The van der Waals surface area contributed by atoms with E-state index < -0.39 is 22.6 Å². The van der Waals surface area contributed by atoms with Crippen LogP contribution in [0.2, 0.25) is 5.02 Å². The van der Waals surface area contributed by atoms with E-state index in [0.29, 0.717) is 10.7 Å². The maximum Gasteiger partial charge on any atom is 0.433 e. The molecule has 1 aliphatic heterocycles. The maximum atomic E-state index is 12.5. The molecule has 1 aromatic carbocycles. The third-order valence-corrected chi connectivity index (χ3v) is 3.68. The van der Waals surface area contributed by atoms with Crippen molar-refractivity contribution in [3.63, 3.8) is 0 Å². The van der Waals surface area contributed by atoms with Crippen LogP contribution in [0.4, 0.5) is 5.88 Å². The van der Waals surface area contributed by atoms with Crippen LogP contribution in [0.5, 0.6) is 0 Å². The number of carbonyl (C=O) groups excluding carboxylic acids is 2. The van der Waals surface area contributed by atoms with E-state index in [1.54, 1.807) is 6.92 Å². The molecule has 0 N–H and O–H groups in total. The zero-order chi connectivity index (χ0) is 18.1. The van der Waals surface area contributed by atoms with Crippen molar-refractivity contribution in [2.24, 2.45) is 5.10 Å². The Morgan fingerprint density at radius 1 is 1.28 bits per heavy atom. The molecule has 0 bridgehead atoms. The summed E-state index contributed by atoms with van der Waals surface area (Å²) in [6, 6.07) is 8.57. The Morgan fingerprint density at radius 2 is 1.96 bits per heavy atom. The predicted molar refractivity (Wildman–Crippen MR) is 89.1 cm³/mol. The van der Waals surface area contributed by atoms with Gasteiger partial charge in [0, 0.05) is 10.6 Å². The Hall–Kier alpha value is -3.26. The fraction of sp³-hybridized carbons (Fsp3) is 0.0625. The number of hydrazone groups is 1. The molecular weight excluding hydrogens is 350 g/mol. The summed E-state index contributed by atoms with van der Waals surface area (Å²) in [6.07, 6.45) is 1.31. The number of hydrogen-bond acceptors (Lipinski definition) is 6. The summed E-state index contributed by atoms with van der Waals surface area (Å²) < 4.78 is 5.00. The molecule has 8 nitrogen and oxygen atoms in total. The topological polar surface area (TPSA) is 106 Å². The zero-order valence-electron chi connectivity index (χ0n) is 12.8. The van der Waals surface area contributed by atoms with Crippen LogP contribution in [0.25, 0.3) is 6.08 Å². The normalized spacial score (nSPS) is 15.6. The monoisotopic (exact) mass is 359 g/mol. The van der Waals surface area contributed by atoms with Crippen molar-refractivity contribution in [2.45, 2.75) is 6.92 Å². The lowest BCUT2D eigenvalue weighted by Gasteiger charge is -2.09. The molecule has 1 aromatic heterocycles. The van der Waals surface area contributed by atoms with Gasteiger partial charge in [-0.25, -0.2) is 0 Å². The Labute approximate surface area is 146 Å². The zero-order valence-corrected chi connectivity index (χ0v) is 13.6. The van der Waals surface area contributed by atoms with Crippen molar-refractivity contribution < 1.29 is 18.9 Å². The Morgan fingerprint density at radius 3 is 2.56 bits per heavy atom. The van der Waals surface area contributed by atoms with E-state index >= 15 is 0 Å². The highest BCUT2D eigenvalue weighted by atomic mass is 35.5. The number of furan rings is 1. The summed E-state index contributed by atoms with van der Waals surface area (Å²) in [5.41, 5.74) is 0.669. The predicted octanol–water partition coefficient (Wildman–Crippen LogP) is 3.28. The second-order valence-electron chi connectivity index (χ2n) is 5.11. The van der Waals surface area contributed by atoms with E-state index in [0.717, 1.165) is 5.01 Å². The molecular formula is C16H10ClN3O5. The minimum absolute atomic E-state index is 0.116. The fourth-order valence-corrected chi connectivity index (χ4v) is 2.32. The number of imide groups is 1. The molecule has 0 fully saturated rings. The van der Waals surface area contributed by atoms with Crippen molar-refractivity contribution in [2.75, 3.05) is 0 Å². The van der Waals surface area contributed by atoms with Gasteiger partial charge in [0.2, 0.25) is 0 Å². The first-order chi connectivity index (χ1) is 11.9. The van der Waals surface area contributed by atoms with E-state index in [2.05, 4.69) is 5.10 Å². The molecule has 0 spiro atoms. The molecule has 2 amide bonds. The molecule has 1 aliphatic rings. The van der Waals surface area contributed by atoms with Crippen LogP contribution in [0.15, 0.2) is 51.5 Å². The van der Waals surface area contributed by atoms with Gasteiger partial charge in [-0.15, -0.1) is 0 Å². The second kappa shape index (κ2) is 6.33. The van der Waals surface area contributed by atoms with Gasteiger partial charge in [0.05, 0.1) is 17.4 Å². The van der Waals surface area contributed by atoms with Crippen LogP contribution in [-0.2, 0) is 4.79 Å². The van der Waals surface area contributed by atoms with Crippen LogP contribution >= 0.6 is 11.6 Å². The number of benzene rings is 1. The highest BCUT2D eigenvalue weighted by Gasteiger charge is 2.33. The number of rotatable bonds is 3. The Kier molecular flexibility index (Phi) is 4.20. The van der Waals surface area contributed by atoms with Gasteiger partial charge in [-0.3, -0.25) is 19.7 Å². The van der Waals surface area contributed by atoms with Crippen molar-refractivity contribution in [1.29, 1.82) is 0 Å². The molecule has 0 aliphatic carbocycles. The highest BCUT2D eigenvalue weighted by Crippen LogP contribution is 2.23. The van der Waals surface area contributed by atoms with Crippen molar-refractivity contribution in [3.8, 4) is 0 Å². The lowest BCUT2D eigenvalue weighted by Crippen LogP contribution is -2.29. The quantitative estimate of drug-likeness (QED) is 0.362. The lowest BCUT2D eigenvalue weighted by atomic mass is 10.1. The minimum Gasteiger partial charge on any atom is -0.401 e. The lowest BCUT2D eigenvalue weighted by molar-refractivity contribution is -0.402. The Bertz CT molecular complexity index is 943. The molecule has 0 saturated heterocycles. The van der Waals surface area contributed by atoms with Crippen LogP contribution < -0.4 is 0 Å². The van der Waals surface area contributed by atoms with E-state index in [1.165, 1.54) is 42.5 Å². The van der Waals surface area contributed by atoms with Gasteiger partial charge in [0.15, 0.2) is 0 Å². The van der Waals surface area contributed by atoms with Gasteiger partial charge in [0.1, 0.15) is 10.7 Å². The van der Waals surface area contributed by atoms with Crippen LogP contribution in [0, 0.1) is 10.1 Å². The summed E-state index contributed by atoms with van der Waals surface area (Å²) >= 11 is 5.78. The first-order valence-corrected chi connectivity index (χ1v) is 7.40. The van der Waals surface area contributed by atoms with Crippen molar-refractivity contribution >= 4 is 41.1 Å². The number of carbonyl (C=O) groups is 2. The van der Waals surface area contributed by atoms with E-state index in [-0.39, 0.29) is 16.9 Å². The number of hydrogen-bond donors (Lipinski definition) is 0. The maximum absolute atomic E-state index is 12.5. The molecule has 9 heteroatoms. The highest BCUT2D eigenvalue weighted by molar-refractivity contribution is 6.31. The van der Waals surface area contributed by atoms with Crippen LogP contribution in [-0.4, -0.2) is 27.5 Å². The molecule has 0 radical (unpaired) electrons. The molecule has 0 saturated carbocycles. The van der Waals surface area contributed by atoms with Gasteiger partial charge in [-0.2, -0.15) is 10.1 Å². The SMILES string of the molecule is CC1=NN(C(=O)c2ccc(Cl)cc2)C(=O)/C1=C\c1ccc([N+](=O)[O-])o1. The molecule has 25 heavy (non-hydrogen) atoms. The van der Waals surface area contributed by atoms with Gasteiger partial charge < -0.3 is 4.42 Å². The molecule has 126 valence electrons. The average molecular weight is 360 g/mol. The van der Waals surface area contributed by atoms with Crippen LogP contribution in [0.1, 0.15) is 23.0 Å².